The van der Waals surface area contributed by atoms with E-state index in [-0.39, 0.29) is 0 Å². The number of fused-ring (bicyclic) bond motifs is 1. The van der Waals surface area contributed by atoms with E-state index in [2.05, 4.69) is 28.9 Å². The van der Waals surface area contributed by atoms with E-state index in [1.54, 1.807) is 0 Å². The molecule has 1 aliphatic heterocycles. The third-order valence-corrected chi connectivity index (χ3v) is 5.08. The topological polar surface area (TPSA) is 53.1 Å². The zero-order chi connectivity index (χ0) is 17.2. The van der Waals surface area contributed by atoms with Gasteiger partial charge in [-0.05, 0) is 61.7 Å². The van der Waals surface area contributed by atoms with Gasteiger partial charge in [0, 0.05) is 19.0 Å². The molecule has 1 fully saturated rings. The lowest BCUT2D eigenvalue weighted by Crippen LogP contribution is -2.29. The summed E-state index contributed by atoms with van der Waals surface area (Å²) < 4.78 is 5.91. The van der Waals surface area contributed by atoms with Gasteiger partial charge in [0.1, 0.15) is 5.52 Å². The second-order valence-corrected chi connectivity index (χ2v) is 6.76. The molecule has 0 bridgehead atoms. The van der Waals surface area contributed by atoms with Gasteiger partial charge in [0.15, 0.2) is 11.5 Å². The lowest BCUT2D eigenvalue weighted by atomic mass is 10.0. The van der Waals surface area contributed by atoms with Crippen LogP contribution in [-0.2, 0) is 6.42 Å². The van der Waals surface area contributed by atoms with Gasteiger partial charge in [-0.15, -0.1) is 0 Å². The Balaban J connectivity index is 1.53. The minimum absolute atomic E-state index is 0.671. The van der Waals surface area contributed by atoms with Crippen molar-refractivity contribution in [3.8, 4) is 17.2 Å². The Morgan fingerprint density at radius 1 is 1.20 bits per heavy atom. The van der Waals surface area contributed by atoms with Crippen LogP contribution in [-0.4, -0.2) is 29.0 Å². The zero-order valence-corrected chi connectivity index (χ0v) is 14.4. The Labute approximate surface area is 147 Å². The van der Waals surface area contributed by atoms with E-state index in [0.29, 0.717) is 11.6 Å². The molecule has 25 heavy (non-hydrogen) atoms. The van der Waals surface area contributed by atoms with Gasteiger partial charge in [0.25, 0.3) is 0 Å². The van der Waals surface area contributed by atoms with Gasteiger partial charge >= 0.3 is 0 Å². The van der Waals surface area contributed by atoms with E-state index in [4.69, 9.17) is 9.68 Å². The van der Waals surface area contributed by atoms with E-state index < -0.39 is 0 Å². The maximum absolute atomic E-state index is 8.91. The average molecular weight is 331 g/mol. The molecule has 0 amide bonds. The molecule has 0 spiro atoms. The third-order valence-electron chi connectivity index (χ3n) is 5.08. The number of oxazole rings is 1. The quantitative estimate of drug-likeness (QED) is 0.711. The van der Waals surface area contributed by atoms with Crippen LogP contribution in [0, 0.1) is 11.3 Å². The molecule has 1 atom stereocenters. The van der Waals surface area contributed by atoms with Gasteiger partial charge in [-0.3, -0.25) is 0 Å². The van der Waals surface area contributed by atoms with E-state index >= 15 is 0 Å². The third kappa shape index (κ3) is 3.29. The molecule has 4 nitrogen and oxygen atoms in total. The van der Waals surface area contributed by atoms with Crippen LogP contribution in [0.1, 0.15) is 31.2 Å². The fourth-order valence-corrected chi connectivity index (χ4v) is 3.56. The Morgan fingerprint density at radius 2 is 2.00 bits per heavy atom. The smallest absolute Gasteiger partial charge is 0.196 e. The number of nitriles is 1. The van der Waals surface area contributed by atoms with Crippen molar-refractivity contribution < 1.29 is 4.42 Å². The molecule has 126 valence electrons. The number of rotatable bonds is 4. The lowest BCUT2D eigenvalue weighted by molar-refractivity contribution is 0.265. The van der Waals surface area contributed by atoms with Crippen molar-refractivity contribution in [1.82, 2.24) is 9.88 Å². The molecule has 4 rings (SSSR count). The zero-order valence-electron chi connectivity index (χ0n) is 14.4. The van der Waals surface area contributed by atoms with Gasteiger partial charge in [0.2, 0.25) is 0 Å². The second-order valence-electron chi connectivity index (χ2n) is 6.76. The Hall–Kier alpha value is -2.64. The highest BCUT2D eigenvalue weighted by atomic mass is 16.3. The van der Waals surface area contributed by atoms with Gasteiger partial charge in [-0.25, -0.2) is 4.98 Å². The largest absolute Gasteiger partial charge is 0.441 e. The number of hydrogen-bond acceptors (Lipinski definition) is 4. The molecule has 0 saturated carbocycles. The molecule has 0 radical (unpaired) electrons. The molecule has 2 heterocycles. The Morgan fingerprint density at radius 3 is 2.72 bits per heavy atom. The van der Waals surface area contributed by atoms with Crippen LogP contribution in [0.25, 0.3) is 22.2 Å². The molecule has 1 aromatic heterocycles. The number of aromatic nitrogens is 1. The van der Waals surface area contributed by atoms with Crippen LogP contribution in [0.5, 0.6) is 0 Å². The van der Waals surface area contributed by atoms with Gasteiger partial charge in [0.05, 0.1) is 11.6 Å². The Bertz CT molecular complexity index is 920. The van der Waals surface area contributed by atoms with Crippen LogP contribution in [0.3, 0.4) is 0 Å². The fourth-order valence-electron chi connectivity index (χ4n) is 3.56. The maximum atomic E-state index is 8.91. The van der Waals surface area contributed by atoms with Gasteiger partial charge in [-0.2, -0.15) is 5.26 Å². The average Bonchev–Trinajstić information content (AvgIpc) is 3.24. The molecule has 4 heteroatoms. The van der Waals surface area contributed by atoms with E-state index in [0.717, 1.165) is 41.1 Å². The second kappa shape index (κ2) is 6.70. The van der Waals surface area contributed by atoms with E-state index in [9.17, 15) is 0 Å². The minimum Gasteiger partial charge on any atom is -0.441 e. The molecule has 0 aliphatic carbocycles. The van der Waals surface area contributed by atoms with Crippen molar-refractivity contribution in [3.05, 3.63) is 53.9 Å². The first-order chi connectivity index (χ1) is 12.2. The molecule has 1 saturated heterocycles. The molecule has 3 aromatic rings. The maximum Gasteiger partial charge on any atom is 0.196 e. The van der Waals surface area contributed by atoms with Crippen molar-refractivity contribution >= 4 is 11.1 Å². The van der Waals surface area contributed by atoms with Crippen molar-refractivity contribution in [2.24, 2.45) is 0 Å². The van der Waals surface area contributed by atoms with Crippen LogP contribution in [0.15, 0.2) is 46.9 Å². The summed E-state index contributed by atoms with van der Waals surface area (Å²) in [5, 5.41) is 8.91. The standard InChI is InChI=1S/C21H21N3O/c1-15-3-2-11-24(15)12-10-21-23-19-13-18(8-9-20(19)25-21)17-6-4-16(14-22)5-7-17/h4-9,13,15H,2-3,10-12H2,1H3. The highest BCUT2D eigenvalue weighted by Crippen LogP contribution is 2.25. The summed E-state index contributed by atoms with van der Waals surface area (Å²) in [5.41, 5.74) is 4.57. The molecule has 0 N–H and O–H groups in total. The minimum atomic E-state index is 0.671. The van der Waals surface area contributed by atoms with Crippen LogP contribution in [0.2, 0.25) is 0 Å². The van der Waals surface area contributed by atoms with Crippen molar-refractivity contribution in [3.63, 3.8) is 0 Å². The molecule has 1 aliphatic rings. The van der Waals surface area contributed by atoms with E-state index in [1.807, 2.05) is 36.4 Å². The lowest BCUT2D eigenvalue weighted by Gasteiger charge is -2.19. The summed E-state index contributed by atoms with van der Waals surface area (Å²) in [4.78, 5) is 7.18. The summed E-state index contributed by atoms with van der Waals surface area (Å²) in [7, 11) is 0. The monoisotopic (exact) mass is 331 g/mol. The summed E-state index contributed by atoms with van der Waals surface area (Å²) in [6, 6.07) is 16.5. The fraction of sp³-hybridized carbons (Fsp3) is 0.333. The number of nitrogens with zero attached hydrogens (tertiary/aromatic N) is 3. The predicted molar refractivity (Wildman–Crippen MR) is 98.1 cm³/mol. The molecule has 1 unspecified atom stereocenters. The molecule has 2 aromatic carbocycles. The number of hydrogen-bond donors (Lipinski definition) is 0. The molecular weight excluding hydrogens is 310 g/mol. The van der Waals surface area contributed by atoms with Crippen LogP contribution >= 0.6 is 0 Å². The first kappa shape index (κ1) is 15.9. The summed E-state index contributed by atoms with van der Waals surface area (Å²) in [6.07, 6.45) is 3.44. The summed E-state index contributed by atoms with van der Waals surface area (Å²) >= 11 is 0. The van der Waals surface area contributed by atoms with E-state index in [1.165, 1.54) is 19.4 Å². The van der Waals surface area contributed by atoms with Crippen molar-refractivity contribution in [2.45, 2.75) is 32.2 Å². The normalized spacial score (nSPS) is 17.8. The predicted octanol–water partition coefficient (Wildman–Crippen LogP) is 4.39. The number of likely N-dealkylation sites (tertiary alicyclic amines) is 1. The highest BCUT2D eigenvalue weighted by Gasteiger charge is 2.20. The van der Waals surface area contributed by atoms with Gasteiger partial charge in [-0.1, -0.05) is 18.2 Å². The molecular formula is C21H21N3O. The highest BCUT2D eigenvalue weighted by molar-refractivity contribution is 5.80. The Kier molecular flexibility index (Phi) is 4.25. The van der Waals surface area contributed by atoms with Gasteiger partial charge < -0.3 is 9.32 Å². The van der Waals surface area contributed by atoms with Crippen LogP contribution in [0.4, 0.5) is 0 Å². The van der Waals surface area contributed by atoms with Crippen LogP contribution < -0.4 is 0 Å². The van der Waals surface area contributed by atoms with Crippen molar-refractivity contribution in [1.29, 1.82) is 5.26 Å². The number of benzene rings is 2. The van der Waals surface area contributed by atoms with Crippen molar-refractivity contribution in [2.75, 3.05) is 13.1 Å². The SMILES string of the molecule is CC1CCCN1CCc1nc2cc(-c3ccc(C#N)cc3)ccc2o1. The summed E-state index contributed by atoms with van der Waals surface area (Å²) in [6.45, 7) is 4.49. The first-order valence-electron chi connectivity index (χ1n) is 8.87. The first-order valence-corrected chi connectivity index (χ1v) is 8.87. The summed E-state index contributed by atoms with van der Waals surface area (Å²) in [5.74, 6) is 0.811.